The van der Waals surface area contributed by atoms with Crippen molar-refractivity contribution in [3.05, 3.63) is 76.1 Å². The summed E-state index contributed by atoms with van der Waals surface area (Å²) >= 11 is 1.01. The molecule has 156 valence electrons. The Morgan fingerprint density at radius 2 is 1.87 bits per heavy atom. The molecule has 0 fully saturated rings. The molecule has 0 aliphatic heterocycles. The number of esters is 1. The Labute approximate surface area is 182 Å². The van der Waals surface area contributed by atoms with Gasteiger partial charge in [0.25, 0.3) is 5.56 Å². The normalized spacial score (nSPS) is 10.2. The molecule has 0 radical (unpaired) electrons. The summed E-state index contributed by atoms with van der Waals surface area (Å²) in [5.41, 5.74) is 0.786. The predicted octanol–water partition coefficient (Wildman–Crippen LogP) is 3.22. The van der Waals surface area contributed by atoms with Crippen LogP contribution in [0.5, 0.6) is 0 Å². The first-order chi connectivity index (χ1) is 15.0. The molecule has 9 heteroatoms. The second-order valence-electron chi connectivity index (χ2n) is 6.18. The highest BCUT2D eigenvalue weighted by Crippen LogP contribution is 2.22. The Bertz CT molecular complexity index is 1200. The van der Waals surface area contributed by atoms with Crippen LogP contribution < -0.4 is 10.9 Å². The topological polar surface area (TPSA) is 125 Å². The summed E-state index contributed by atoms with van der Waals surface area (Å²) in [4.78, 5) is 43.6. The molecule has 2 aromatic carbocycles. The van der Waals surface area contributed by atoms with Gasteiger partial charge in [0.1, 0.15) is 11.6 Å². The van der Waals surface area contributed by atoms with Gasteiger partial charge < -0.3 is 15.0 Å². The van der Waals surface area contributed by atoms with Crippen LogP contribution in [0.1, 0.15) is 22.8 Å². The van der Waals surface area contributed by atoms with E-state index in [0.717, 1.165) is 11.8 Å². The first-order valence-electron chi connectivity index (χ1n) is 9.32. The third kappa shape index (κ3) is 5.38. The Hall–Kier alpha value is -3.90. The fourth-order valence-corrected chi connectivity index (χ4v) is 3.39. The second-order valence-corrected chi connectivity index (χ2v) is 7.14. The number of hydrogen-bond donors (Lipinski definition) is 2. The van der Waals surface area contributed by atoms with Gasteiger partial charge in [-0.15, -0.1) is 0 Å². The smallest absolute Gasteiger partial charge is 0.340 e. The maximum atomic E-state index is 12.4. The fourth-order valence-electron chi connectivity index (χ4n) is 2.73. The molecule has 8 nitrogen and oxygen atoms in total. The summed E-state index contributed by atoms with van der Waals surface area (Å²) in [6.45, 7) is 1.92. The fraction of sp³-hybridized carbons (Fsp3) is 0.136. The zero-order chi connectivity index (χ0) is 22.2. The highest BCUT2D eigenvalue weighted by molar-refractivity contribution is 7.99. The first-order valence-corrected chi connectivity index (χ1v) is 10.3. The lowest BCUT2D eigenvalue weighted by atomic mass is 10.1. The monoisotopic (exact) mass is 434 g/mol. The number of nitrogens with one attached hydrogen (secondary N) is 2. The van der Waals surface area contributed by atoms with Crippen molar-refractivity contribution in [3.63, 3.8) is 0 Å². The van der Waals surface area contributed by atoms with Crippen LogP contribution >= 0.6 is 11.8 Å². The van der Waals surface area contributed by atoms with Gasteiger partial charge in [-0.05, 0) is 19.1 Å². The van der Waals surface area contributed by atoms with Crippen molar-refractivity contribution in [2.24, 2.45) is 0 Å². The molecule has 1 aromatic heterocycles. The number of nitriles is 1. The number of thioether (sulfide) groups is 1. The lowest BCUT2D eigenvalue weighted by Gasteiger charge is -2.10. The molecule has 0 atom stereocenters. The molecule has 0 saturated carbocycles. The largest absolute Gasteiger partial charge is 0.462 e. The van der Waals surface area contributed by atoms with E-state index in [9.17, 15) is 19.6 Å². The number of hydrogen-bond acceptors (Lipinski definition) is 7. The number of carbonyl (C=O) groups is 2. The molecular formula is C22H18N4O4S. The molecule has 1 heterocycles. The summed E-state index contributed by atoms with van der Waals surface area (Å²) < 4.78 is 5.00. The molecule has 0 aliphatic rings. The number of ether oxygens (including phenoxy) is 1. The second kappa shape index (κ2) is 10.2. The van der Waals surface area contributed by atoms with Crippen molar-refractivity contribution in [2.45, 2.75) is 12.1 Å². The van der Waals surface area contributed by atoms with Crippen LogP contribution in [-0.2, 0) is 9.53 Å². The highest BCUT2D eigenvalue weighted by atomic mass is 32.2. The summed E-state index contributed by atoms with van der Waals surface area (Å²) in [5.74, 6) is -0.994. The molecule has 2 N–H and O–H groups in total. The Balaban J connectivity index is 1.76. The molecule has 3 aromatic rings. The third-order valence-corrected chi connectivity index (χ3v) is 4.97. The third-order valence-electron chi connectivity index (χ3n) is 4.09. The van der Waals surface area contributed by atoms with Gasteiger partial charge in [-0.2, -0.15) is 5.26 Å². The van der Waals surface area contributed by atoms with Crippen molar-refractivity contribution < 1.29 is 14.3 Å². The van der Waals surface area contributed by atoms with E-state index in [1.165, 1.54) is 0 Å². The van der Waals surface area contributed by atoms with Crippen molar-refractivity contribution >= 4 is 29.3 Å². The Morgan fingerprint density at radius 1 is 1.16 bits per heavy atom. The number of carbonyl (C=O) groups excluding carboxylic acids is 2. The van der Waals surface area contributed by atoms with E-state index in [1.807, 2.05) is 12.1 Å². The molecule has 0 saturated heterocycles. The van der Waals surface area contributed by atoms with Gasteiger partial charge in [0.15, 0.2) is 5.16 Å². The maximum absolute atomic E-state index is 12.4. The van der Waals surface area contributed by atoms with E-state index < -0.39 is 17.4 Å². The van der Waals surface area contributed by atoms with Crippen molar-refractivity contribution in [1.82, 2.24) is 9.97 Å². The molecule has 1 amide bonds. The van der Waals surface area contributed by atoms with Crippen LogP contribution in [0.4, 0.5) is 5.69 Å². The summed E-state index contributed by atoms with van der Waals surface area (Å²) in [7, 11) is 0. The SMILES string of the molecule is CCOC(=O)c1ccccc1NC(=O)CSc1nc(-c2ccccc2)c(C#N)c(=O)[nH]1. The summed E-state index contributed by atoms with van der Waals surface area (Å²) in [5, 5.41) is 12.2. The minimum absolute atomic E-state index is 0.0692. The number of anilines is 1. The van der Waals surface area contributed by atoms with Gasteiger partial charge in [-0.1, -0.05) is 54.2 Å². The van der Waals surface area contributed by atoms with Crippen molar-refractivity contribution in [1.29, 1.82) is 5.26 Å². The molecule has 0 aliphatic carbocycles. The quantitative estimate of drug-likeness (QED) is 0.332. The average molecular weight is 434 g/mol. The molecule has 3 rings (SSSR count). The number of benzene rings is 2. The van der Waals surface area contributed by atoms with Gasteiger partial charge in [0.05, 0.1) is 29.3 Å². The molecule has 0 spiro atoms. The van der Waals surface area contributed by atoms with Crippen molar-refractivity contribution in [3.8, 4) is 17.3 Å². The van der Waals surface area contributed by atoms with Crippen LogP contribution in [0.25, 0.3) is 11.3 Å². The number of rotatable bonds is 7. The lowest BCUT2D eigenvalue weighted by molar-refractivity contribution is -0.113. The van der Waals surface area contributed by atoms with Gasteiger partial charge in [0, 0.05) is 5.56 Å². The highest BCUT2D eigenvalue weighted by Gasteiger charge is 2.16. The summed E-state index contributed by atoms with van der Waals surface area (Å²) in [6.07, 6.45) is 0. The predicted molar refractivity (Wildman–Crippen MR) is 117 cm³/mol. The standard InChI is InChI=1S/C22H18N4O4S/c1-2-30-21(29)15-10-6-7-11-17(15)24-18(27)13-31-22-25-19(14-8-4-3-5-9-14)16(12-23)20(28)26-22/h3-11H,2,13H2,1H3,(H,24,27)(H,25,26,28). The maximum Gasteiger partial charge on any atom is 0.340 e. The zero-order valence-corrected chi connectivity index (χ0v) is 17.4. The Morgan fingerprint density at radius 3 is 2.58 bits per heavy atom. The minimum Gasteiger partial charge on any atom is -0.462 e. The lowest BCUT2D eigenvalue weighted by Crippen LogP contribution is -2.19. The van der Waals surface area contributed by atoms with E-state index in [4.69, 9.17) is 4.74 Å². The van der Waals surface area contributed by atoms with Crippen LogP contribution in [-0.4, -0.2) is 34.2 Å². The number of aromatic amines is 1. The van der Waals surface area contributed by atoms with E-state index in [1.54, 1.807) is 55.5 Å². The average Bonchev–Trinajstić information content (AvgIpc) is 2.78. The minimum atomic E-state index is -0.577. The number of para-hydroxylation sites is 1. The molecule has 31 heavy (non-hydrogen) atoms. The molecule has 0 unspecified atom stereocenters. The van der Waals surface area contributed by atoms with Crippen LogP contribution in [0, 0.1) is 11.3 Å². The van der Waals surface area contributed by atoms with Gasteiger partial charge >= 0.3 is 5.97 Å². The van der Waals surface area contributed by atoms with Crippen LogP contribution in [0.2, 0.25) is 0 Å². The van der Waals surface area contributed by atoms with Crippen LogP contribution in [0.15, 0.2) is 64.5 Å². The van der Waals surface area contributed by atoms with E-state index in [-0.39, 0.29) is 34.3 Å². The van der Waals surface area contributed by atoms with Crippen molar-refractivity contribution in [2.75, 3.05) is 17.7 Å². The van der Waals surface area contributed by atoms with E-state index in [2.05, 4.69) is 15.3 Å². The van der Waals surface area contributed by atoms with Gasteiger partial charge in [0.2, 0.25) is 5.91 Å². The number of H-pyrrole nitrogens is 1. The number of amides is 1. The van der Waals surface area contributed by atoms with E-state index >= 15 is 0 Å². The Kier molecular flexibility index (Phi) is 7.19. The summed E-state index contributed by atoms with van der Waals surface area (Å²) in [6, 6.07) is 17.3. The van der Waals surface area contributed by atoms with Gasteiger partial charge in [-0.3, -0.25) is 9.59 Å². The molecule has 0 bridgehead atoms. The number of nitrogens with zero attached hydrogens (tertiary/aromatic N) is 2. The number of aromatic nitrogens is 2. The van der Waals surface area contributed by atoms with E-state index in [0.29, 0.717) is 11.3 Å². The van der Waals surface area contributed by atoms with Crippen LogP contribution in [0.3, 0.4) is 0 Å². The van der Waals surface area contributed by atoms with Gasteiger partial charge in [-0.25, -0.2) is 9.78 Å². The first kappa shape index (κ1) is 21.8. The molecular weight excluding hydrogens is 416 g/mol. The zero-order valence-electron chi connectivity index (χ0n) is 16.5.